The summed E-state index contributed by atoms with van der Waals surface area (Å²) in [6, 6.07) is 0. The Hall–Kier alpha value is -0.900. The first-order valence-electron chi connectivity index (χ1n) is 6.55. The van der Waals surface area contributed by atoms with Gasteiger partial charge in [0.05, 0.1) is 0 Å². The fraction of sp³-hybridized carbons (Fsp3) is 0.846. The van der Waals surface area contributed by atoms with Gasteiger partial charge in [-0.2, -0.15) is 0 Å². The normalized spacial score (nSPS) is 10.2. The number of aliphatic hydroxyl groups excluding tert-OH is 1. The lowest BCUT2D eigenvalue weighted by Crippen LogP contribution is -2.12. The Bertz CT molecular complexity index is 213. The Balaban J connectivity index is 3.41. The predicted molar refractivity (Wildman–Crippen MR) is 65.4 cm³/mol. The Morgan fingerprint density at radius 3 is 1.94 bits per heavy atom. The summed E-state index contributed by atoms with van der Waals surface area (Å²) in [4.78, 5) is 22.4. The quantitative estimate of drug-likeness (QED) is 0.364. The van der Waals surface area contributed by atoms with Crippen molar-refractivity contribution in [2.75, 3.05) is 6.61 Å². The molecular weight excluding hydrogens is 220 g/mol. The van der Waals surface area contributed by atoms with E-state index in [1.54, 1.807) is 0 Å². The lowest BCUT2D eigenvalue weighted by molar-refractivity contribution is -0.159. The lowest BCUT2D eigenvalue weighted by atomic mass is 10.1. The van der Waals surface area contributed by atoms with Crippen molar-refractivity contribution in [3.05, 3.63) is 0 Å². The number of carbonyl (C=O) groups excluding carboxylic acids is 2. The average molecular weight is 244 g/mol. The van der Waals surface area contributed by atoms with Crippen LogP contribution in [0.1, 0.15) is 64.7 Å². The smallest absolute Gasteiger partial charge is 0.313 e. The van der Waals surface area contributed by atoms with Crippen LogP contribution in [0.3, 0.4) is 0 Å². The molecule has 0 fully saturated rings. The van der Waals surface area contributed by atoms with Crippen LogP contribution in [0.4, 0.5) is 0 Å². The van der Waals surface area contributed by atoms with Crippen molar-refractivity contribution in [2.24, 2.45) is 0 Å². The minimum absolute atomic E-state index is 0.0681. The average Bonchev–Trinajstić information content (AvgIpc) is 2.29. The molecule has 0 spiro atoms. The third kappa shape index (κ3) is 11.4. The lowest BCUT2D eigenvalue weighted by Gasteiger charge is -2.02. The van der Waals surface area contributed by atoms with Crippen LogP contribution in [-0.2, 0) is 14.3 Å². The van der Waals surface area contributed by atoms with Gasteiger partial charge < -0.3 is 9.84 Å². The summed E-state index contributed by atoms with van der Waals surface area (Å²) in [5.41, 5.74) is 0. The van der Waals surface area contributed by atoms with E-state index in [9.17, 15) is 9.59 Å². The molecule has 0 radical (unpaired) electrons. The number of esters is 2. The van der Waals surface area contributed by atoms with E-state index in [0.717, 1.165) is 19.3 Å². The zero-order chi connectivity index (χ0) is 12.9. The molecule has 0 bridgehead atoms. The molecule has 1 N–H and O–H groups in total. The molecule has 4 heteroatoms. The summed E-state index contributed by atoms with van der Waals surface area (Å²) >= 11 is 0. The molecule has 0 aromatic heterocycles. The standard InChI is InChI=1S/C13H24O4/c1-2-3-4-5-6-9-12(15)17-13(16)10-7-8-11-14/h14H,2-11H2,1H3. The highest BCUT2D eigenvalue weighted by Crippen LogP contribution is 2.06. The molecule has 4 nitrogen and oxygen atoms in total. The maximum atomic E-state index is 11.2. The minimum atomic E-state index is -0.475. The van der Waals surface area contributed by atoms with Gasteiger partial charge in [0, 0.05) is 19.4 Å². The van der Waals surface area contributed by atoms with E-state index >= 15 is 0 Å². The summed E-state index contributed by atoms with van der Waals surface area (Å²) in [5, 5.41) is 8.53. The number of hydrogen-bond acceptors (Lipinski definition) is 4. The first-order valence-corrected chi connectivity index (χ1v) is 6.55. The second kappa shape index (κ2) is 11.6. The van der Waals surface area contributed by atoms with Crippen LogP contribution in [0, 0.1) is 0 Å². The van der Waals surface area contributed by atoms with Crippen LogP contribution in [0.25, 0.3) is 0 Å². The summed E-state index contributed by atoms with van der Waals surface area (Å²) in [6.45, 7) is 2.21. The number of ether oxygens (including phenoxy) is 1. The molecule has 100 valence electrons. The van der Waals surface area contributed by atoms with Gasteiger partial charge in [-0.05, 0) is 19.3 Å². The fourth-order valence-electron chi connectivity index (χ4n) is 1.48. The Kier molecular flexibility index (Phi) is 11.0. The molecule has 0 aromatic carbocycles. The summed E-state index contributed by atoms with van der Waals surface area (Å²) in [5.74, 6) is -0.896. The highest BCUT2D eigenvalue weighted by Gasteiger charge is 2.09. The van der Waals surface area contributed by atoms with Crippen molar-refractivity contribution >= 4 is 11.9 Å². The van der Waals surface area contributed by atoms with Gasteiger partial charge in [0.2, 0.25) is 0 Å². The molecular formula is C13H24O4. The van der Waals surface area contributed by atoms with Gasteiger partial charge in [-0.15, -0.1) is 0 Å². The van der Waals surface area contributed by atoms with Gasteiger partial charge in [0.1, 0.15) is 0 Å². The van der Waals surface area contributed by atoms with Crippen molar-refractivity contribution in [1.29, 1.82) is 0 Å². The highest BCUT2D eigenvalue weighted by molar-refractivity contribution is 5.85. The summed E-state index contributed by atoms with van der Waals surface area (Å²) in [7, 11) is 0. The van der Waals surface area contributed by atoms with E-state index in [-0.39, 0.29) is 13.0 Å². The summed E-state index contributed by atoms with van der Waals surface area (Å²) < 4.78 is 4.64. The maximum Gasteiger partial charge on any atom is 0.313 e. The molecule has 0 amide bonds. The van der Waals surface area contributed by atoms with Gasteiger partial charge in [0.25, 0.3) is 0 Å². The van der Waals surface area contributed by atoms with E-state index in [1.807, 2.05) is 0 Å². The van der Waals surface area contributed by atoms with Crippen LogP contribution in [0.15, 0.2) is 0 Å². The monoisotopic (exact) mass is 244 g/mol. The van der Waals surface area contributed by atoms with E-state index in [2.05, 4.69) is 11.7 Å². The Morgan fingerprint density at radius 1 is 0.882 bits per heavy atom. The van der Waals surface area contributed by atoms with Crippen LogP contribution in [-0.4, -0.2) is 23.7 Å². The molecule has 0 saturated heterocycles. The van der Waals surface area contributed by atoms with Crippen LogP contribution in [0.2, 0.25) is 0 Å². The van der Waals surface area contributed by atoms with Gasteiger partial charge in [-0.1, -0.05) is 32.6 Å². The minimum Gasteiger partial charge on any atom is -0.396 e. The molecule has 0 heterocycles. The molecule has 17 heavy (non-hydrogen) atoms. The molecule has 0 rings (SSSR count). The van der Waals surface area contributed by atoms with E-state index in [4.69, 9.17) is 5.11 Å². The number of rotatable bonds is 10. The largest absolute Gasteiger partial charge is 0.396 e. The zero-order valence-electron chi connectivity index (χ0n) is 10.7. The maximum absolute atomic E-state index is 11.2. The SMILES string of the molecule is CCCCCCCC(=O)OC(=O)CCCCO. The van der Waals surface area contributed by atoms with Crippen molar-refractivity contribution in [2.45, 2.75) is 64.7 Å². The summed E-state index contributed by atoms with van der Waals surface area (Å²) in [6.07, 6.45) is 6.98. The first-order chi connectivity index (χ1) is 8.20. The predicted octanol–water partition coefficient (Wildman–Crippen LogP) is 2.58. The van der Waals surface area contributed by atoms with Gasteiger partial charge in [0.15, 0.2) is 0 Å². The Morgan fingerprint density at radius 2 is 1.41 bits per heavy atom. The second-order valence-corrected chi connectivity index (χ2v) is 4.19. The molecule has 0 saturated carbocycles. The highest BCUT2D eigenvalue weighted by atomic mass is 16.6. The van der Waals surface area contributed by atoms with E-state index in [0.29, 0.717) is 19.3 Å². The van der Waals surface area contributed by atoms with Gasteiger partial charge >= 0.3 is 11.9 Å². The van der Waals surface area contributed by atoms with Crippen molar-refractivity contribution < 1.29 is 19.4 Å². The fourth-order valence-corrected chi connectivity index (χ4v) is 1.48. The third-order valence-corrected chi connectivity index (χ3v) is 2.50. The number of unbranched alkanes of at least 4 members (excludes halogenated alkanes) is 5. The van der Waals surface area contributed by atoms with Crippen molar-refractivity contribution in [3.63, 3.8) is 0 Å². The third-order valence-electron chi connectivity index (χ3n) is 2.50. The van der Waals surface area contributed by atoms with E-state index in [1.165, 1.54) is 12.8 Å². The topological polar surface area (TPSA) is 63.6 Å². The molecule has 0 aliphatic carbocycles. The van der Waals surface area contributed by atoms with Crippen LogP contribution in [0.5, 0.6) is 0 Å². The van der Waals surface area contributed by atoms with Gasteiger partial charge in [-0.25, -0.2) is 0 Å². The number of carbonyl (C=O) groups is 2. The second-order valence-electron chi connectivity index (χ2n) is 4.19. The Labute approximate surface area is 103 Å². The van der Waals surface area contributed by atoms with Crippen molar-refractivity contribution in [1.82, 2.24) is 0 Å². The molecule has 0 unspecified atom stereocenters. The van der Waals surface area contributed by atoms with Crippen molar-refractivity contribution in [3.8, 4) is 0 Å². The first kappa shape index (κ1) is 16.1. The molecule has 0 aliphatic heterocycles. The van der Waals surface area contributed by atoms with Crippen LogP contribution < -0.4 is 0 Å². The van der Waals surface area contributed by atoms with Gasteiger partial charge in [-0.3, -0.25) is 9.59 Å². The molecule has 0 aliphatic rings. The number of aliphatic hydroxyl groups is 1. The number of hydrogen-bond donors (Lipinski definition) is 1. The molecule has 0 aromatic rings. The van der Waals surface area contributed by atoms with E-state index < -0.39 is 11.9 Å². The molecule has 0 atom stereocenters. The van der Waals surface area contributed by atoms with Crippen LogP contribution >= 0.6 is 0 Å². The zero-order valence-corrected chi connectivity index (χ0v) is 10.7.